The molecule has 0 N–H and O–H groups in total. The third-order valence-corrected chi connectivity index (χ3v) is 4.07. The lowest BCUT2D eigenvalue weighted by molar-refractivity contribution is 0.365. The van der Waals surface area contributed by atoms with Crippen molar-refractivity contribution < 1.29 is 0 Å². The van der Waals surface area contributed by atoms with Gasteiger partial charge in [-0.05, 0) is 23.7 Å². The summed E-state index contributed by atoms with van der Waals surface area (Å²) < 4.78 is 0. The summed E-state index contributed by atoms with van der Waals surface area (Å²) in [6, 6.07) is 0. The fourth-order valence-corrected chi connectivity index (χ4v) is 1.54. The summed E-state index contributed by atoms with van der Waals surface area (Å²) in [5, 5.41) is 8.64. The SMILES string of the molecule is CCC(C)C(C)CN=NCC(C)C(C)CC. The molecule has 0 radical (unpaired) electrons. The highest BCUT2D eigenvalue weighted by Crippen LogP contribution is 2.16. The summed E-state index contributed by atoms with van der Waals surface area (Å²) in [7, 11) is 0. The number of azo groups is 1. The summed E-state index contributed by atoms with van der Waals surface area (Å²) >= 11 is 0. The molecule has 96 valence electrons. The van der Waals surface area contributed by atoms with Crippen LogP contribution in [0.5, 0.6) is 0 Å². The van der Waals surface area contributed by atoms with Crippen LogP contribution in [0.15, 0.2) is 10.2 Å². The molecule has 0 amide bonds. The molecular formula is C14H30N2. The van der Waals surface area contributed by atoms with E-state index in [4.69, 9.17) is 0 Å². The lowest BCUT2D eigenvalue weighted by Gasteiger charge is -2.16. The Morgan fingerprint density at radius 1 is 0.625 bits per heavy atom. The second-order valence-electron chi connectivity index (χ2n) is 5.37. The molecule has 0 heterocycles. The van der Waals surface area contributed by atoms with E-state index in [-0.39, 0.29) is 0 Å². The zero-order chi connectivity index (χ0) is 12.6. The third-order valence-electron chi connectivity index (χ3n) is 4.07. The van der Waals surface area contributed by atoms with E-state index in [2.05, 4.69) is 51.8 Å². The lowest BCUT2D eigenvalue weighted by Crippen LogP contribution is -2.11. The first-order valence-electron chi connectivity index (χ1n) is 6.86. The fourth-order valence-electron chi connectivity index (χ4n) is 1.54. The van der Waals surface area contributed by atoms with Gasteiger partial charge in [0.15, 0.2) is 0 Å². The first-order valence-corrected chi connectivity index (χ1v) is 6.86. The summed E-state index contributed by atoms with van der Waals surface area (Å²) in [6.45, 7) is 15.4. The van der Waals surface area contributed by atoms with E-state index in [1.165, 1.54) is 12.8 Å². The van der Waals surface area contributed by atoms with Crippen LogP contribution in [0.3, 0.4) is 0 Å². The Morgan fingerprint density at radius 3 is 1.19 bits per heavy atom. The van der Waals surface area contributed by atoms with Gasteiger partial charge in [-0.15, -0.1) is 0 Å². The summed E-state index contributed by atoms with van der Waals surface area (Å²) in [6.07, 6.45) is 2.47. The van der Waals surface area contributed by atoms with Gasteiger partial charge >= 0.3 is 0 Å². The summed E-state index contributed by atoms with van der Waals surface area (Å²) in [5.74, 6) is 2.83. The van der Waals surface area contributed by atoms with E-state index in [9.17, 15) is 0 Å². The molecule has 0 aliphatic rings. The topological polar surface area (TPSA) is 24.7 Å². The molecule has 0 saturated carbocycles. The molecule has 0 saturated heterocycles. The van der Waals surface area contributed by atoms with Gasteiger partial charge in [-0.25, -0.2) is 0 Å². The van der Waals surface area contributed by atoms with Gasteiger partial charge in [0.25, 0.3) is 0 Å². The molecule has 0 fully saturated rings. The van der Waals surface area contributed by atoms with Gasteiger partial charge in [-0.3, -0.25) is 0 Å². The lowest BCUT2D eigenvalue weighted by atomic mass is 9.94. The standard InChI is InChI=1S/C14H30N2/c1-7-11(3)13(5)9-15-16-10-14(6)12(4)8-2/h11-14H,7-10H2,1-6H3. The number of hydrogen-bond acceptors (Lipinski definition) is 2. The van der Waals surface area contributed by atoms with Crippen LogP contribution in [0.25, 0.3) is 0 Å². The second-order valence-corrected chi connectivity index (χ2v) is 5.37. The molecule has 0 rings (SSSR count). The average molecular weight is 226 g/mol. The minimum atomic E-state index is 0.660. The van der Waals surface area contributed by atoms with E-state index in [0.29, 0.717) is 11.8 Å². The van der Waals surface area contributed by atoms with Crippen LogP contribution >= 0.6 is 0 Å². The Labute approximate surface area is 102 Å². The van der Waals surface area contributed by atoms with Crippen molar-refractivity contribution in [1.29, 1.82) is 0 Å². The minimum absolute atomic E-state index is 0.660. The third kappa shape index (κ3) is 6.24. The number of nitrogens with zero attached hydrogens (tertiary/aromatic N) is 2. The van der Waals surface area contributed by atoms with Gasteiger partial charge in [0, 0.05) is 0 Å². The Hall–Kier alpha value is -0.400. The highest BCUT2D eigenvalue weighted by atomic mass is 15.1. The largest absolute Gasteiger partial charge is 0.194 e. The molecule has 0 aromatic rings. The first kappa shape index (κ1) is 15.6. The van der Waals surface area contributed by atoms with Gasteiger partial charge in [-0.2, -0.15) is 10.2 Å². The monoisotopic (exact) mass is 226 g/mol. The molecule has 0 aliphatic carbocycles. The van der Waals surface area contributed by atoms with Crippen molar-refractivity contribution in [3.05, 3.63) is 0 Å². The molecule has 0 spiro atoms. The predicted molar refractivity (Wildman–Crippen MR) is 71.8 cm³/mol. The van der Waals surface area contributed by atoms with Crippen LogP contribution in [0.1, 0.15) is 54.4 Å². The fraction of sp³-hybridized carbons (Fsp3) is 1.00. The van der Waals surface area contributed by atoms with Gasteiger partial charge < -0.3 is 0 Å². The number of rotatable bonds is 8. The van der Waals surface area contributed by atoms with Crippen LogP contribution in [0.2, 0.25) is 0 Å². The highest BCUT2D eigenvalue weighted by molar-refractivity contribution is 4.64. The van der Waals surface area contributed by atoms with Crippen molar-refractivity contribution in [3.63, 3.8) is 0 Å². The van der Waals surface area contributed by atoms with Crippen molar-refractivity contribution in [3.8, 4) is 0 Å². The van der Waals surface area contributed by atoms with E-state index in [1.807, 2.05) is 0 Å². The Bertz CT molecular complexity index is 169. The van der Waals surface area contributed by atoms with Gasteiger partial charge in [0.2, 0.25) is 0 Å². The summed E-state index contributed by atoms with van der Waals surface area (Å²) in [4.78, 5) is 0. The Morgan fingerprint density at radius 2 is 0.938 bits per heavy atom. The van der Waals surface area contributed by atoms with Gasteiger partial charge in [0.1, 0.15) is 0 Å². The highest BCUT2D eigenvalue weighted by Gasteiger charge is 2.10. The van der Waals surface area contributed by atoms with E-state index >= 15 is 0 Å². The minimum Gasteiger partial charge on any atom is -0.194 e. The van der Waals surface area contributed by atoms with Crippen LogP contribution < -0.4 is 0 Å². The molecular weight excluding hydrogens is 196 g/mol. The maximum absolute atomic E-state index is 4.32. The zero-order valence-electron chi connectivity index (χ0n) is 12.0. The molecule has 0 aromatic heterocycles. The van der Waals surface area contributed by atoms with E-state index in [1.54, 1.807) is 0 Å². The van der Waals surface area contributed by atoms with Crippen molar-refractivity contribution in [1.82, 2.24) is 0 Å². The molecule has 2 nitrogen and oxygen atoms in total. The zero-order valence-corrected chi connectivity index (χ0v) is 12.0. The molecule has 0 aliphatic heterocycles. The molecule has 4 atom stereocenters. The van der Waals surface area contributed by atoms with E-state index in [0.717, 1.165) is 24.9 Å². The average Bonchev–Trinajstić information content (AvgIpc) is 2.31. The van der Waals surface area contributed by atoms with Crippen molar-refractivity contribution in [2.45, 2.75) is 54.4 Å². The Kier molecular flexibility index (Phi) is 8.50. The molecule has 4 unspecified atom stereocenters. The maximum Gasteiger partial charge on any atom is 0.0627 e. The smallest absolute Gasteiger partial charge is 0.0627 e. The maximum atomic E-state index is 4.32. The first-order chi connectivity index (χ1) is 7.52. The normalized spacial score (nSPS) is 19.6. The molecule has 2 heteroatoms. The van der Waals surface area contributed by atoms with Crippen molar-refractivity contribution >= 4 is 0 Å². The van der Waals surface area contributed by atoms with E-state index < -0.39 is 0 Å². The summed E-state index contributed by atoms with van der Waals surface area (Å²) in [5.41, 5.74) is 0. The van der Waals surface area contributed by atoms with Crippen molar-refractivity contribution in [2.75, 3.05) is 13.1 Å². The molecule has 16 heavy (non-hydrogen) atoms. The second kappa shape index (κ2) is 8.72. The van der Waals surface area contributed by atoms with Crippen LogP contribution in [0, 0.1) is 23.7 Å². The van der Waals surface area contributed by atoms with Crippen LogP contribution in [0.4, 0.5) is 0 Å². The van der Waals surface area contributed by atoms with Crippen molar-refractivity contribution in [2.24, 2.45) is 33.9 Å². The van der Waals surface area contributed by atoms with Gasteiger partial charge in [-0.1, -0.05) is 54.4 Å². The van der Waals surface area contributed by atoms with Crippen LogP contribution in [-0.4, -0.2) is 13.1 Å². The number of hydrogen-bond donors (Lipinski definition) is 0. The Balaban J connectivity index is 3.77. The quantitative estimate of drug-likeness (QED) is 0.531. The van der Waals surface area contributed by atoms with Crippen LogP contribution in [-0.2, 0) is 0 Å². The predicted octanol–water partition coefficient (Wildman–Crippen LogP) is 4.80. The van der Waals surface area contributed by atoms with Gasteiger partial charge in [0.05, 0.1) is 13.1 Å². The molecule has 0 aromatic carbocycles. The molecule has 0 bridgehead atoms.